The normalized spacial score (nSPS) is 11.4. The molecule has 18 heavy (non-hydrogen) atoms. The zero-order chi connectivity index (χ0) is 13.4. The molecule has 1 aromatic rings. The van der Waals surface area contributed by atoms with Crippen molar-refractivity contribution >= 4 is 10.1 Å². The summed E-state index contributed by atoms with van der Waals surface area (Å²) in [5.74, 6) is 0.331. The molecule has 0 saturated heterocycles. The fourth-order valence-electron chi connectivity index (χ4n) is 1.36. The summed E-state index contributed by atoms with van der Waals surface area (Å²) >= 11 is 0. The zero-order valence-electron chi connectivity index (χ0n) is 10.8. The summed E-state index contributed by atoms with van der Waals surface area (Å²) in [6.07, 6.45) is 0. The van der Waals surface area contributed by atoms with Crippen molar-refractivity contribution in [2.45, 2.75) is 13.5 Å². The van der Waals surface area contributed by atoms with E-state index < -0.39 is 10.1 Å². The summed E-state index contributed by atoms with van der Waals surface area (Å²) < 4.78 is 32.3. The molecular formula is C12H20NO4S+. The second-order valence-electron chi connectivity index (χ2n) is 3.85. The van der Waals surface area contributed by atoms with Crippen LogP contribution in [-0.2, 0) is 21.4 Å². The van der Waals surface area contributed by atoms with Crippen LogP contribution in [0.15, 0.2) is 24.3 Å². The van der Waals surface area contributed by atoms with Gasteiger partial charge in [0.05, 0.1) is 18.9 Å². The molecule has 6 heteroatoms. The molecule has 0 aliphatic heterocycles. The van der Waals surface area contributed by atoms with Gasteiger partial charge in [-0.3, -0.25) is 0 Å². The number of hydrogen-bond acceptors (Lipinski definition) is 4. The van der Waals surface area contributed by atoms with E-state index in [0.29, 0.717) is 5.75 Å². The van der Waals surface area contributed by atoms with Crippen LogP contribution in [0.4, 0.5) is 0 Å². The van der Waals surface area contributed by atoms with Gasteiger partial charge in [-0.25, -0.2) is 0 Å². The molecule has 5 nitrogen and oxygen atoms in total. The molecule has 1 rings (SSSR count). The molecule has 0 saturated carbocycles. The summed E-state index contributed by atoms with van der Waals surface area (Å²) in [5.41, 5.74) is 1.12. The van der Waals surface area contributed by atoms with Gasteiger partial charge in [0.1, 0.15) is 12.3 Å². The van der Waals surface area contributed by atoms with E-state index in [1.807, 2.05) is 12.1 Å². The van der Waals surface area contributed by atoms with Gasteiger partial charge in [0, 0.05) is 12.7 Å². The molecule has 0 amide bonds. The van der Waals surface area contributed by atoms with E-state index in [0.717, 1.165) is 25.3 Å². The van der Waals surface area contributed by atoms with Crippen LogP contribution in [0.3, 0.4) is 0 Å². The van der Waals surface area contributed by atoms with E-state index in [2.05, 4.69) is 5.32 Å². The number of rotatable bonds is 8. The third-order valence-electron chi connectivity index (χ3n) is 2.41. The van der Waals surface area contributed by atoms with E-state index in [-0.39, 0.29) is 5.75 Å². The Kier molecular flexibility index (Phi) is 6.11. The topological polar surface area (TPSA) is 69.2 Å². The standard InChI is InChI=1S/C12H19NO4S/c1-3-18(14,15)17-12-6-4-11(5-7-12)10-13-8-9-16-2/h4-7,13H,3,8-10H2,1-2H3/p+1. The van der Waals surface area contributed by atoms with Crippen LogP contribution in [-0.4, -0.2) is 34.4 Å². The minimum atomic E-state index is -3.43. The maximum absolute atomic E-state index is 11.3. The number of methoxy groups -OCH3 is 1. The summed E-state index contributed by atoms with van der Waals surface area (Å²) in [7, 11) is -1.76. The molecular weight excluding hydrogens is 254 g/mol. The van der Waals surface area contributed by atoms with Gasteiger partial charge in [-0.15, -0.1) is 0 Å². The Labute approximate surface area is 108 Å². The molecule has 0 fully saturated rings. The Morgan fingerprint density at radius 1 is 1.22 bits per heavy atom. The number of ether oxygens (including phenoxy) is 1. The molecule has 0 aliphatic carbocycles. The van der Waals surface area contributed by atoms with Crippen molar-refractivity contribution in [2.24, 2.45) is 0 Å². The number of benzene rings is 1. The quantitative estimate of drug-likeness (QED) is 0.540. The van der Waals surface area contributed by atoms with Gasteiger partial charge < -0.3 is 14.2 Å². The smallest absolute Gasteiger partial charge is 0.308 e. The molecule has 2 N–H and O–H groups in total. The second kappa shape index (κ2) is 7.35. The number of hydrogen-bond donors (Lipinski definition) is 1. The van der Waals surface area contributed by atoms with Crippen LogP contribution in [0.1, 0.15) is 12.5 Å². The van der Waals surface area contributed by atoms with E-state index in [1.54, 1.807) is 26.2 Å². The van der Waals surface area contributed by atoms with Crippen molar-refractivity contribution in [3.63, 3.8) is 0 Å². The van der Waals surface area contributed by atoms with Gasteiger partial charge in [-0.1, -0.05) is 0 Å². The highest BCUT2D eigenvalue weighted by atomic mass is 32.2. The Morgan fingerprint density at radius 2 is 1.89 bits per heavy atom. The van der Waals surface area contributed by atoms with Crippen LogP contribution in [0.25, 0.3) is 0 Å². The molecule has 102 valence electrons. The molecule has 0 bridgehead atoms. The van der Waals surface area contributed by atoms with E-state index in [9.17, 15) is 8.42 Å². The van der Waals surface area contributed by atoms with E-state index in [4.69, 9.17) is 8.92 Å². The third kappa shape index (κ3) is 5.48. The average Bonchev–Trinajstić information content (AvgIpc) is 2.36. The average molecular weight is 274 g/mol. The van der Waals surface area contributed by atoms with Crippen LogP contribution in [0.2, 0.25) is 0 Å². The molecule has 0 aliphatic rings. The van der Waals surface area contributed by atoms with E-state index in [1.165, 1.54) is 0 Å². The van der Waals surface area contributed by atoms with Crippen LogP contribution in [0, 0.1) is 0 Å². The van der Waals surface area contributed by atoms with Gasteiger partial charge in [0.2, 0.25) is 0 Å². The summed E-state index contributed by atoms with van der Waals surface area (Å²) in [6, 6.07) is 7.08. The summed E-state index contributed by atoms with van der Waals surface area (Å²) in [4.78, 5) is 0. The minimum Gasteiger partial charge on any atom is -0.382 e. The first-order chi connectivity index (χ1) is 8.57. The number of nitrogens with two attached hydrogens (primary N) is 1. The van der Waals surface area contributed by atoms with Crippen molar-refractivity contribution < 1.29 is 22.7 Å². The molecule has 0 spiro atoms. The highest BCUT2D eigenvalue weighted by molar-refractivity contribution is 7.87. The van der Waals surface area contributed by atoms with Crippen molar-refractivity contribution in [2.75, 3.05) is 26.0 Å². The van der Waals surface area contributed by atoms with Gasteiger partial charge in [0.15, 0.2) is 0 Å². The Bertz CT molecular complexity index is 442. The Morgan fingerprint density at radius 3 is 2.44 bits per heavy atom. The highest BCUT2D eigenvalue weighted by Gasteiger charge is 2.08. The first-order valence-electron chi connectivity index (χ1n) is 5.89. The molecule has 0 atom stereocenters. The van der Waals surface area contributed by atoms with Gasteiger partial charge in [0.25, 0.3) is 0 Å². The maximum atomic E-state index is 11.3. The fraction of sp³-hybridized carbons (Fsp3) is 0.500. The van der Waals surface area contributed by atoms with Crippen molar-refractivity contribution in [3.8, 4) is 5.75 Å². The first-order valence-corrected chi connectivity index (χ1v) is 7.47. The Hall–Kier alpha value is -1.11. The van der Waals surface area contributed by atoms with Crippen LogP contribution in [0.5, 0.6) is 5.75 Å². The maximum Gasteiger partial charge on any atom is 0.308 e. The lowest BCUT2D eigenvalue weighted by Crippen LogP contribution is -2.83. The largest absolute Gasteiger partial charge is 0.382 e. The van der Waals surface area contributed by atoms with E-state index >= 15 is 0 Å². The Balaban J connectivity index is 2.47. The van der Waals surface area contributed by atoms with Crippen molar-refractivity contribution in [3.05, 3.63) is 29.8 Å². The third-order valence-corrected chi connectivity index (χ3v) is 3.56. The molecule has 0 aromatic heterocycles. The predicted octanol–water partition coefficient (Wildman–Crippen LogP) is 0.125. The summed E-state index contributed by atoms with van der Waals surface area (Å²) in [6.45, 7) is 4.01. The molecule has 1 aromatic carbocycles. The lowest BCUT2D eigenvalue weighted by Gasteiger charge is -2.06. The molecule has 0 radical (unpaired) electrons. The number of quaternary nitrogens is 1. The molecule has 0 unspecified atom stereocenters. The van der Waals surface area contributed by atoms with Crippen LogP contribution >= 0.6 is 0 Å². The monoisotopic (exact) mass is 274 g/mol. The lowest BCUT2D eigenvalue weighted by molar-refractivity contribution is -0.671. The van der Waals surface area contributed by atoms with Gasteiger partial charge in [-0.05, 0) is 31.2 Å². The minimum absolute atomic E-state index is 0.0282. The molecule has 0 heterocycles. The lowest BCUT2D eigenvalue weighted by atomic mass is 10.2. The first kappa shape index (κ1) is 14.9. The van der Waals surface area contributed by atoms with Crippen LogP contribution < -0.4 is 9.50 Å². The SMILES string of the molecule is CCS(=O)(=O)Oc1ccc(C[NH2+]CCOC)cc1. The van der Waals surface area contributed by atoms with Gasteiger partial charge >= 0.3 is 10.1 Å². The fourth-order valence-corrected chi connectivity index (χ4v) is 1.88. The van der Waals surface area contributed by atoms with Crippen molar-refractivity contribution in [1.29, 1.82) is 0 Å². The van der Waals surface area contributed by atoms with Gasteiger partial charge in [-0.2, -0.15) is 8.42 Å². The van der Waals surface area contributed by atoms with Crippen molar-refractivity contribution in [1.82, 2.24) is 0 Å². The predicted molar refractivity (Wildman–Crippen MR) is 68.9 cm³/mol. The summed E-state index contributed by atoms with van der Waals surface area (Å²) in [5, 5.41) is 2.13. The zero-order valence-corrected chi connectivity index (χ0v) is 11.6. The highest BCUT2D eigenvalue weighted by Crippen LogP contribution is 2.14. The second-order valence-corrected chi connectivity index (χ2v) is 5.71.